The van der Waals surface area contributed by atoms with Crippen molar-refractivity contribution in [2.24, 2.45) is 5.92 Å². The lowest BCUT2D eigenvalue weighted by Crippen LogP contribution is -2.39. The summed E-state index contributed by atoms with van der Waals surface area (Å²) >= 11 is 1.35. The van der Waals surface area contributed by atoms with Crippen LogP contribution < -0.4 is 5.73 Å². The Kier molecular flexibility index (Phi) is 2.86. The van der Waals surface area contributed by atoms with Crippen molar-refractivity contribution >= 4 is 22.4 Å². The summed E-state index contributed by atoms with van der Waals surface area (Å²) in [7, 11) is 0. The molecule has 1 atom stereocenters. The number of likely N-dealkylation sites (tertiary alicyclic amines) is 1. The number of rotatable bonds is 2. The molecule has 2 heterocycles. The first-order valence-electron chi connectivity index (χ1n) is 5.03. The topological polar surface area (TPSA) is 72.1 Å². The number of nitrogen functional groups attached to an aromatic ring is 1. The van der Waals surface area contributed by atoms with Crippen molar-refractivity contribution in [3.63, 3.8) is 0 Å². The second-order valence-corrected chi connectivity index (χ2v) is 4.93. The standard InChI is InChI=1S/C9H14N4OS/c1-6-3-2-4-13(8(6)14)5-7-11-12-9(10)15-7/h6H,2-5H2,1H3,(H2,10,12). The van der Waals surface area contributed by atoms with E-state index in [-0.39, 0.29) is 11.8 Å². The van der Waals surface area contributed by atoms with Crippen LogP contribution in [0.4, 0.5) is 5.13 Å². The molecule has 6 heteroatoms. The Morgan fingerprint density at radius 1 is 1.60 bits per heavy atom. The van der Waals surface area contributed by atoms with Crippen LogP contribution in [-0.2, 0) is 11.3 Å². The molecule has 15 heavy (non-hydrogen) atoms. The molecule has 1 aromatic rings. The van der Waals surface area contributed by atoms with E-state index in [0.717, 1.165) is 24.4 Å². The quantitative estimate of drug-likeness (QED) is 0.812. The zero-order valence-corrected chi connectivity index (χ0v) is 9.46. The average molecular weight is 226 g/mol. The minimum Gasteiger partial charge on any atom is -0.374 e. The molecule has 5 nitrogen and oxygen atoms in total. The zero-order chi connectivity index (χ0) is 10.8. The number of aromatic nitrogens is 2. The molecule has 0 aliphatic carbocycles. The van der Waals surface area contributed by atoms with Gasteiger partial charge in [-0.25, -0.2) is 0 Å². The predicted octanol–water partition coefficient (Wildman–Crippen LogP) is 0.879. The van der Waals surface area contributed by atoms with E-state index in [2.05, 4.69) is 10.2 Å². The number of amides is 1. The molecule has 0 spiro atoms. The van der Waals surface area contributed by atoms with Crippen molar-refractivity contribution in [1.29, 1.82) is 0 Å². The Balaban J connectivity index is 2.02. The first-order valence-corrected chi connectivity index (χ1v) is 5.85. The minimum atomic E-state index is 0.143. The second kappa shape index (κ2) is 4.14. The first-order chi connectivity index (χ1) is 7.16. The fraction of sp³-hybridized carbons (Fsp3) is 0.667. The molecule has 1 unspecified atom stereocenters. The number of hydrogen-bond acceptors (Lipinski definition) is 5. The number of piperidine rings is 1. The maximum absolute atomic E-state index is 11.8. The molecule has 1 aliphatic heterocycles. The molecule has 1 amide bonds. The molecule has 0 bridgehead atoms. The first kappa shape index (κ1) is 10.4. The maximum atomic E-state index is 11.8. The molecular weight excluding hydrogens is 212 g/mol. The van der Waals surface area contributed by atoms with Crippen molar-refractivity contribution in [3.05, 3.63) is 5.01 Å². The Morgan fingerprint density at radius 3 is 3.07 bits per heavy atom. The highest BCUT2D eigenvalue weighted by Gasteiger charge is 2.25. The van der Waals surface area contributed by atoms with E-state index in [9.17, 15) is 4.79 Å². The van der Waals surface area contributed by atoms with E-state index < -0.39 is 0 Å². The van der Waals surface area contributed by atoms with Gasteiger partial charge in [0, 0.05) is 12.5 Å². The molecule has 0 saturated carbocycles. The lowest BCUT2D eigenvalue weighted by molar-refractivity contribution is -0.138. The Hall–Kier alpha value is -1.17. The van der Waals surface area contributed by atoms with Gasteiger partial charge in [0.05, 0.1) is 6.54 Å². The van der Waals surface area contributed by atoms with E-state index in [1.165, 1.54) is 11.3 Å². The van der Waals surface area contributed by atoms with Crippen LogP contribution in [0.25, 0.3) is 0 Å². The van der Waals surface area contributed by atoms with E-state index in [0.29, 0.717) is 11.7 Å². The fourth-order valence-corrected chi connectivity index (χ4v) is 2.41. The lowest BCUT2D eigenvalue weighted by Gasteiger charge is -2.29. The lowest BCUT2D eigenvalue weighted by atomic mass is 9.99. The summed E-state index contributed by atoms with van der Waals surface area (Å²) in [4.78, 5) is 13.6. The second-order valence-electron chi connectivity index (χ2n) is 3.84. The van der Waals surface area contributed by atoms with Gasteiger partial charge in [-0.1, -0.05) is 18.3 Å². The number of nitrogens with zero attached hydrogens (tertiary/aromatic N) is 3. The van der Waals surface area contributed by atoms with Gasteiger partial charge in [0.2, 0.25) is 11.0 Å². The molecule has 0 aromatic carbocycles. The summed E-state index contributed by atoms with van der Waals surface area (Å²) in [6.45, 7) is 3.35. The van der Waals surface area contributed by atoms with Crippen LogP contribution in [0, 0.1) is 5.92 Å². The maximum Gasteiger partial charge on any atom is 0.225 e. The summed E-state index contributed by atoms with van der Waals surface area (Å²) < 4.78 is 0. The number of carbonyl (C=O) groups excluding carboxylic acids is 1. The third-order valence-corrected chi connectivity index (χ3v) is 3.34. The van der Waals surface area contributed by atoms with E-state index in [1.807, 2.05) is 11.8 Å². The summed E-state index contributed by atoms with van der Waals surface area (Å²) in [6, 6.07) is 0. The van der Waals surface area contributed by atoms with Crippen molar-refractivity contribution in [3.8, 4) is 0 Å². The Morgan fingerprint density at radius 2 is 2.40 bits per heavy atom. The molecule has 0 radical (unpaired) electrons. The predicted molar refractivity (Wildman–Crippen MR) is 58.1 cm³/mol. The van der Waals surface area contributed by atoms with Crippen LogP contribution in [0.1, 0.15) is 24.8 Å². The van der Waals surface area contributed by atoms with E-state index >= 15 is 0 Å². The van der Waals surface area contributed by atoms with Crippen LogP contribution >= 0.6 is 11.3 Å². The minimum absolute atomic E-state index is 0.143. The van der Waals surface area contributed by atoms with Gasteiger partial charge >= 0.3 is 0 Å². The van der Waals surface area contributed by atoms with E-state index in [4.69, 9.17) is 5.73 Å². The molecule has 1 fully saturated rings. The third-order valence-electron chi connectivity index (χ3n) is 2.61. The van der Waals surface area contributed by atoms with Gasteiger partial charge in [-0.05, 0) is 12.8 Å². The van der Waals surface area contributed by atoms with Gasteiger partial charge in [0.1, 0.15) is 5.01 Å². The summed E-state index contributed by atoms with van der Waals surface area (Å²) in [5.74, 6) is 0.360. The van der Waals surface area contributed by atoms with Crippen LogP contribution in [0.15, 0.2) is 0 Å². The van der Waals surface area contributed by atoms with Crippen molar-refractivity contribution in [1.82, 2.24) is 15.1 Å². The molecule has 82 valence electrons. The van der Waals surface area contributed by atoms with Crippen LogP contribution in [0.3, 0.4) is 0 Å². The van der Waals surface area contributed by atoms with Crippen LogP contribution in [0.2, 0.25) is 0 Å². The smallest absolute Gasteiger partial charge is 0.225 e. The molecule has 2 rings (SSSR count). The van der Waals surface area contributed by atoms with Gasteiger partial charge in [0.25, 0.3) is 0 Å². The summed E-state index contributed by atoms with van der Waals surface area (Å²) in [5, 5.41) is 8.93. The van der Waals surface area contributed by atoms with Gasteiger partial charge in [-0.2, -0.15) is 0 Å². The number of nitrogens with two attached hydrogens (primary N) is 1. The largest absolute Gasteiger partial charge is 0.374 e. The van der Waals surface area contributed by atoms with Crippen molar-refractivity contribution in [2.45, 2.75) is 26.3 Å². The van der Waals surface area contributed by atoms with Crippen LogP contribution in [0.5, 0.6) is 0 Å². The molecule has 1 aromatic heterocycles. The summed E-state index contributed by atoms with van der Waals surface area (Å²) in [6.07, 6.45) is 2.06. The number of hydrogen-bond donors (Lipinski definition) is 1. The van der Waals surface area contributed by atoms with Gasteiger partial charge in [-0.15, -0.1) is 10.2 Å². The zero-order valence-electron chi connectivity index (χ0n) is 8.64. The number of anilines is 1. The van der Waals surface area contributed by atoms with Gasteiger partial charge in [0.15, 0.2) is 0 Å². The Labute approximate surface area is 92.3 Å². The highest BCUT2D eigenvalue weighted by Crippen LogP contribution is 2.21. The van der Waals surface area contributed by atoms with Crippen LogP contribution in [-0.4, -0.2) is 27.5 Å². The highest BCUT2D eigenvalue weighted by molar-refractivity contribution is 7.15. The average Bonchev–Trinajstić information content (AvgIpc) is 2.59. The summed E-state index contributed by atoms with van der Waals surface area (Å²) in [5.41, 5.74) is 5.49. The highest BCUT2D eigenvalue weighted by atomic mass is 32.1. The van der Waals surface area contributed by atoms with Gasteiger partial charge in [-0.3, -0.25) is 4.79 Å². The molecule has 2 N–H and O–H groups in total. The third kappa shape index (κ3) is 2.26. The Bertz CT molecular complexity index is 365. The fourth-order valence-electron chi connectivity index (χ4n) is 1.78. The molecule has 1 aliphatic rings. The molecular formula is C9H14N4OS. The SMILES string of the molecule is CC1CCCN(Cc2nnc(N)s2)C1=O. The van der Waals surface area contributed by atoms with Gasteiger partial charge < -0.3 is 10.6 Å². The van der Waals surface area contributed by atoms with Crippen molar-refractivity contribution < 1.29 is 4.79 Å². The van der Waals surface area contributed by atoms with E-state index in [1.54, 1.807) is 0 Å². The number of carbonyl (C=O) groups is 1. The monoisotopic (exact) mass is 226 g/mol. The van der Waals surface area contributed by atoms with Crippen molar-refractivity contribution in [2.75, 3.05) is 12.3 Å². The molecule has 1 saturated heterocycles. The normalized spacial score (nSPS) is 22.1.